The van der Waals surface area contributed by atoms with Gasteiger partial charge in [-0.05, 0) is 48.3 Å². The van der Waals surface area contributed by atoms with E-state index in [0.29, 0.717) is 41.4 Å². The second kappa shape index (κ2) is 8.13. The van der Waals surface area contributed by atoms with Gasteiger partial charge in [0.05, 0.1) is 24.5 Å². The summed E-state index contributed by atoms with van der Waals surface area (Å²) in [5.41, 5.74) is 1.73. The molecule has 166 valence electrons. The molecule has 0 radical (unpaired) electrons. The van der Waals surface area contributed by atoms with Crippen LogP contribution in [0.15, 0.2) is 59.5 Å². The highest BCUT2D eigenvalue weighted by Gasteiger charge is 2.36. The van der Waals surface area contributed by atoms with Crippen molar-refractivity contribution in [1.82, 2.24) is 4.72 Å². The van der Waals surface area contributed by atoms with Crippen LogP contribution in [-0.2, 0) is 14.8 Å². The van der Waals surface area contributed by atoms with Gasteiger partial charge in [-0.15, -0.1) is 0 Å². The standard InChI is InChI=1S/C25H25NO5S/c1-30-21-13-12-19(17-7-4-8-17)24-23(21)20(14-15-31-24)25(27)26-32(28,29)22-11-5-9-16-6-2-3-10-18(16)22/h2-3,5-6,9-13,17,20H,4,7-8,14-15H2,1H3,(H,26,27)/t20-/m0/s1. The van der Waals surface area contributed by atoms with Crippen molar-refractivity contribution in [3.8, 4) is 11.5 Å². The maximum absolute atomic E-state index is 13.3. The van der Waals surface area contributed by atoms with E-state index in [-0.39, 0.29) is 4.90 Å². The maximum atomic E-state index is 13.3. The molecule has 6 nitrogen and oxygen atoms in total. The largest absolute Gasteiger partial charge is 0.496 e. The third-order valence-electron chi connectivity index (χ3n) is 6.54. The van der Waals surface area contributed by atoms with E-state index in [0.717, 1.165) is 23.8 Å². The van der Waals surface area contributed by atoms with Crippen molar-refractivity contribution in [2.75, 3.05) is 13.7 Å². The topological polar surface area (TPSA) is 81.7 Å². The molecular weight excluding hydrogens is 426 g/mol. The molecule has 0 bridgehead atoms. The fourth-order valence-corrected chi connectivity index (χ4v) is 5.93. The third kappa shape index (κ3) is 3.50. The van der Waals surface area contributed by atoms with Gasteiger partial charge in [-0.25, -0.2) is 13.1 Å². The second-order valence-electron chi connectivity index (χ2n) is 8.36. The molecule has 1 amide bonds. The lowest BCUT2D eigenvalue weighted by atomic mass is 9.77. The normalized spacial score (nSPS) is 18.3. The monoisotopic (exact) mass is 451 g/mol. The number of ether oxygens (including phenoxy) is 2. The fourth-order valence-electron chi connectivity index (χ4n) is 4.68. The van der Waals surface area contributed by atoms with E-state index in [1.54, 1.807) is 25.3 Å². The summed E-state index contributed by atoms with van der Waals surface area (Å²) >= 11 is 0. The molecule has 1 fully saturated rings. The zero-order valence-electron chi connectivity index (χ0n) is 17.8. The van der Waals surface area contributed by atoms with Crippen LogP contribution >= 0.6 is 0 Å². The van der Waals surface area contributed by atoms with Crippen LogP contribution in [0, 0.1) is 0 Å². The van der Waals surface area contributed by atoms with Gasteiger partial charge in [-0.2, -0.15) is 0 Å². The molecule has 0 unspecified atom stereocenters. The van der Waals surface area contributed by atoms with E-state index in [2.05, 4.69) is 4.72 Å². The van der Waals surface area contributed by atoms with Crippen LogP contribution in [0.1, 0.15) is 48.6 Å². The summed E-state index contributed by atoms with van der Waals surface area (Å²) in [6, 6.07) is 16.1. The molecule has 0 saturated heterocycles. The summed E-state index contributed by atoms with van der Waals surface area (Å²) < 4.78 is 40.3. The first-order valence-corrected chi connectivity index (χ1v) is 12.4. The Kier molecular flexibility index (Phi) is 5.29. The first-order valence-electron chi connectivity index (χ1n) is 10.9. The van der Waals surface area contributed by atoms with E-state index in [1.165, 1.54) is 12.5 Å². The van der Waals surface area contributed by atoms with Crippen molar-refractivity contribution in [3.63, 3.8) is 0 Å². The lowest BCUT2D eigenvalue weighted by molar-refractivity contribution is -0.121. The molecule has 1 saturated carbocycles. The van der Waals surface area contributed by atoms with Gasteiger partial charge in [0, 0.05) is 10.9 Å². The van der Waals surface area contributed by atoms with Crippen LogP contribution in [0.4, 0.5) is 0 Å². The van der Waals surface area contributed by atoms with Crippen LogP contribution in [0.25, 0.3) is 10.8 Å². The maximum Gasteiger partial charge on any atom is 0.264 e. The van der Waals surface area contributed by atoms with Crippen LogP contribution in [0.3, 0.4) is 0 Å². The minimum atomic E-state index is -4.06. The molecule has 3 aromatic rings. The van der Waals surface area contributed by atoms with Gasteiger partial charge in [0.1, 0.15) is 11.5 Å². The number of methoxy groups -OCH3 is 1. The Bertz CT molecular complexity index is 1290. The van der Waals surface area contributed by atoms with Crippen molar-refractivity contribution in [3.05, 3.63) is 65.7 Å². The van der Waals surface area contributed by atoms with Gasteiger partial charge in [0.25, 0.3) is 10.0 Å². The average molecular weight is 452 g/mol. The Morgan fingerprint density at radius 3 is 2.56 bits per heavy atom. The summed E-state index contributed by atoms with van der Waals surface area (Å²) in [5, 5.41) is 1.37. The van der Waals surface area contributed by atoms with Crippen LogP contribution in [0.5, 0.6) is 11.5 Å². The minimum Gasteiger partial charge on any atom is -0.496 e. The molecular formula is C25H25NO5S. The molecule has 1 aliphatic carbocycles. The van der Waals surface area contributed by atoms with Gasteiger partial charge in [-0.1, -0.05) is 48.9 Å². The highest BCUT2D eigenvalue weighted by atomic mass is 32.2. The van der Waals surface area contributed by atoms with E-state index in [4.69, 9.17) is 9.47 Å². The van der Waals surface area contributed by atoms with E-state index < -0.39 is 21.8 Å². The SMILES string of the molecule is COc1ccc(C2CCC2)c2c1[C@@H](C(=O)NS(=O)(=O)c1cccc3ccccc13)CCO2. The number of hydrogen-bond acceptors (Lipinski definition) is 5. The highest BCUT2D eigenvalue weighted by Crippen LogP contribution is 2.49. The van der Waals surface area contributed by atoms with Gasteiger partial charge in [0.2, 0.25) is 5.91 Å². The second-order valence-corrected chi connectivity index (χ2v) is 10.0. The van der Waals surface area contributed by atoms with Gasteiger partial charge < -0.3 is 9.47 Å². The molecule has 1 atom stereocenters. The summed E-state index contributed by atoms with van der Waals surface area (Å²) in [4.78, 5) is 13.4. The summed E-state index contributed by atoms with van der Waals surface area (Å²) in [5.74, 6) is 0.411. The Labute approximate surface area is 187 Å². The smallest absolute Gasteiger partial charge is 0.264 e. The molecule has 1 aliphatic heterocycles. The van der Waals surface area contributed by atoms with Crippen LogP contribution in [-0.4, -0.2) is 28.0 Å². The average Bonchev–Trinajstić information content (AvgIpc) is 2.77. The van der Waals surface area contributed by atoms with Crippen molar-refractivity contribution in [2.24, 2.45) is 0 Å². The summed E-state index contributed by atoms with van der Waals surface area (Å²) in [6.45, 7) is 0.353. The molecule has 1 heterocycles. The number of hydrogen-bond donors (Lipinski definition) is 1. The molecule has 0 spiro atoms. The Morgan fingerprint density at radius 2 is 1.81 bits per heavy atom. The predicted molar refractivity (Wildman–Crippen MR) is 122 cm³/mol. The van der Waals surface area contributed by atoms with E-state index in [1.807, 2.05) is 30.3 Å². The van der Waals surface area contributed by atoms with Crippen molar-refractivity contribution < 1.29 is 22.7 Å². The zero-order valence-corrected chi connectivity index (χ0v) is 18.7. The number of fused-ring (bicyclic) bond motifs is 2. The van der Waals surface area contributed by atoms with Gasteiger partial charge in [0.15, 0.2) is 0 Å². The fraction of sp³-hybridized carbons (Fsp3) is 0.320. The predicted octanol–water partition coefficient (Wildman–Crippen LogP) is 4.49. The lowest BCUT2D eigenvalue weighted by Crippen LogP contribution is -2.37. The van der Waals surface area contributed by atoms with Crippen molar-refractivity contribution in [2.45, 2.75) is 42.4 Å². The minimum absolute atomic E-state index is 0.0893. The highest BCUT2D eigenvalue weighted by molar-refractivity contribution is 7.90. The number of nitrogens with one attached hydrogen (secondary N) is 1. The number of sulfonamides is 1. The molecule has 3 aromatic carbocycles. The number of benzene rings is 3. The molecule has 0 aromatic heterocycles. The molecule has 7 heteroatoms. The van der Waals surface area contributed by atoms with Crippen molar-refractivity contribution in [1.29, 1.82) is 0 Å². The summed E-state index contributed by atoms with van der Waals surface area (Å²) in [7, 11) is -2.51. The van der Waals surface area contributed by atoms with Crippen molar-refractivity contribution >= 4 is 26.7 Å². The third-order valence-corrected chi connectivity index (χ3v) is 7.95. The number of carbonyl (C=O) groups is 1. The number of amides is 1. The number of rotatable bonds is 5. The zero-order chi connectivity index (χ0) is 22.3. The lowest BCUT2D eigenvalue weighted by Gasteiger charge is -2.33. The van der Waals surface area contributed by atoms with Gasteiger partial charge in [-0.3, -0.25) is 4.79 Å². The van der Waals surface area contributed by atoms with E-state index in [9.17, 15) is 13.2 Å². The van der Waals surface area contributed by atoms with Crippen LogP contribution in [0.2, 0.25) is 0 Å². The molecule has 2 aliphatic rings. The first-order chi connectivity index (χ1) is 15.5. The molecule has 1 N–H and O–H groups in total. The van der Waals surface area contributed by atoms with Gasteiger partial charge >= 0.3 is 0 Å². The number of carbonyl (C=O) groups excluding carboxylic acids is 1. The first kappa shape index (κ1) is 20.8. The Balaban J connectivity index is 1.51. The van der Waals surface area contributed by atoms with E-state index >= 15 is 0 Å². The Morgan fingerprint density at radius 1 is 1.03 bits per heavy atom. The van der Waals surface area contributed by atoms with Crippen LogP contribution < -0.4 is 14.2 Å². The molecule has 32 heavy (non-hydrogen) atoms. The quantitative estimate of drug-likeness (QED) is 0.618. The Hall–Kier alpha value is -3.06. The molecule has 5 rings (SSSR count). The summed E-state index contributed by atoms with van der Waals surface area (Å²) in [6.07, 6.45) is 3.75.